The van der Waals surface area contributed by atoms with E-state index in [1.165, 1.54) is 0 Å². The molecule has 6 nitrogen and oxygen atoms in total. The average molecular weight is 233 g/mol. The maximum atomic E-state index is 7.57. The number of hydrogen-bond donors (Lipinski definition) is 3. The van der Waals surface area contributed by atoms with Crippen LogP contribution in [0.5, 0.6) is 0 Å². The van der Waals surface area contributed by atoms with Crippen molar-refractivity contribution in [3.8, 4) is 11.4 Å². The van der Waals surface area contributed by atoms with E-state index in [0.29, 0.717) is 5.82 Å². The molecule has 0 unspecified atom stereocenters. The Hall–Kier alpha value is -2.21. The van der Waals surface area contributed by atoms with Gasteiger partial charge in [-0.1, -0.05) is 30.3 Å². The van der Waals surface area contributed by atoms with E-state index < -0.39 is 0 Å². The zero-order valence-electron chi connectivity index (χ0n) is 9.54. The average Bonchev–Trinajstić information content (AvgIpc) is 2.30. The van der Waals surface area contributed by atoms with E-state index in [4.69, 9.17) is 16.6 Å². The van der Waals surface area contributed by atoms with Crippen LogP contribution in [0.1, 0.15) is 6.92 Å². The van der Waals surface area contributed by atoms with Gasteiger partial charge in [0, 0.05) is 12.2 Å². The van der Waals surface area contributed by atoms with E-state index in [1.54, 1.807) is 6.92 Å². The summed E-state index contributed by atoms with van der Waals surface area (Å²) in [6.07, 6.45) is 0. The Kier molecular flexibility index (Phi) is 4.83. The van der Waals surface area contributed by atoms with Crippen molar-refractivity contribution in [1.82, 2.24) is 15.0 Å². The van der Waals surface area contributed by atoms with Gasteiger partial charge in [0.25, 0.3) is 0 Å². The first-order valence-electron chi connectivity index (χ1n) is 5.10. The van der Waals surface area contributed by atoms with Crippen LogP contribution in [0.2, 0.25) is 0 Å². The van der Waals surface area contributed by atoms with Crippen molar-refractivity contribution >= 4 is 11.9 Å². The van der Waals surface area contributed by atoms with Crippen LogP contribution in [-0.4, -0.2) is 26.7 Å². The predicted octanol–water partition coefficient (Wildman–Crippen LogP) is 0.702. The number of nitrogens with two attached hydrogens (primary N) is 2. The highest BCUT2D eigenvalue weighted by atomic mass is 16.2. The molecule has 0 amide bonds. The maximum Gasteiger partial charge on any atom is 0.225 e. The van der Waals surface area contributed by atoms with E-state index in [-0.39, 0.29) is 18.5 Å². The highest BCUT2D eigenvalue weighted by Crippen LogP contribution is 2.14. The molecule has 1 aromatic heterocycles. The zero-order valence-corrected chi connectivity index (χ0v) is 9.54. The van der Waals surface area contributed by atoms with E-state index in [1.807, 2.05) is 30.3 Å². The normalized spacial score (nSPS) is 9.29. The monoisotopic (exact) mass is 233 g/mol. The minimum atomic E-state index is 0.136. The van der Waals surface area contributed by atoms with E-state index in [0.717, 1.165) is 5.56 Å². The van der Waals surface area contributed by atoms with Crippen LogP contribution in [0.3, 0.4) is 0 Å². The van der Waals surface area contributed by atoms with Crippen LogP contribution in [0, 0.1) is 0 Å². The fraction of sp³-hybridized carbons (Fsp3) is 0.182. The van der Waals surface area contributed by atoms with Gasteiger partial charge < -0.3 is 16.6 Å². The smallest absolute Gasteiger partial charge is 0.225 e. The van der Waals surface area contributed by atoms with Crippen molar-refractivity contribution in [1.29, 1.82) is 0 Å². The third-order valence-electron chi connectivity index (χ3n) is 1.70. The lowest BCUT2D eigenvalue weighted by atomic mass is 10.2. The Morgan fingerprint density at radius 2 is 1.47 bits per heavy atom. The van der Waals surface area contributed by atoms with Crippen molar-refractivity contribution in [2.75, 3.05) is 18.1 Å². The molecule has 2 rings (SSSR count). The third-order valence-corrected chi connectivity index (χ3v) is 1.70. The van der Waals surface area contributed by atoms with E-state index in [9.17, 15) is 0 Å². The molecule has 0 atom stereocenters. The van der Waals surface area contributed by atoms with Gasteiger partial charge in [0.1, 0.15) is 0 Å². The molecule has 0 aliphatic heterocycles. The molecular weight excluding hydrogens is 218 g/mol. The van der Waals surface area contributed by atoms with Crippen LogP contribution in [0.4, 0.5) is 11.9 Å². The first kappa shape index (κ1) is 12.9. The number of anilines is 2. The summed E-state index contributed by atoms with van der Waals surface area (Å²) < 4.78 is 0. The second-order valence-corrected chi connectivity index (χ2v) is 3.06. The van der Waals surface area contributed by atoms with Gasteiger partial charge >= 0.3 is 0 Å². The fourth-order valence-corrected chi connectivity index (χ4v) is 1.13. The molecule has 0 saturated carbocycles. The van der Waals surface area contributed by atoms with Gasteiger partial charge in [-0.2, -0.15) is 15.0 Å². The number of aromatic nitrogens is 3. The molecule has 0 spiro atoms. The van der Waals surface area contributed by atoms with Crippen molar-refractivity contribution in [3.05, 3.63) is 30.3 Å². The lowest BCUT2D eigenvalue weighted by Gasteiger charge is -2.00. The van der Waals surface area contributed by atoms with Gasteiger partial charge in [-0.25, -0.2) is 0 Å². The van der Waals surface area contributed by atoms with Gasteiger partial charge in [0.15, 0.2) is 5.82 Å². The molecule has 0 saturated heterocycles. The van der Waals surface area contributed by atoms with Crippen LogP contribution in [-0.2, 0) is 0 Å². The van der Waals surface area contributed by atoms with Crippen molar-refractivity contribution in [2.45, 2.75) is 6.92 Å². The molecule has 0 radical (unpaired) electrons. The van der Waals surface area contributed by atoms with Crippen LogP contribution >= 0.6 is 0 Å². The second kappa shape index (κ2) is 6.39. The number of nitrogen functional groups attached to an aromatic ring is 2. The van der Waals surface area contributed by atoms with Gasteiger partial charge in [-0.15, -0.1) is 0 Å². The Morgan fingerprint density at radius 3 is 1.94 bits per heavy atom. The zero-order chi connectivity index (χ0) is 12.7. The van der Waals surface area contributed by atoms with Gasteiger partial charge in [-0.3, -0.25) is 0 Å². The van der Waals surface area contributed by atoms with Crippen LogP contribution in [0.15, 0.2) is 30.3 Å². The molecule has 0 aliphatic carbocycles. The minimum absolute atomic E-state index is 0.136. The summed E-state index contributed by atoms with van der Waals surface area (Å²) in [5, 5.41) is 7.57. The van der Waals surface area contributed by atoms with Gasteiger partial charge in [-0.05, 0) is 6.92 Å². The van der Waals surface area contributed by atoms with Crippen LogP contribution in [0.25, 0.3) is 11.4 Å². The first-order valence-corrected chi connectivity index (χ1v) is 5.10. The topological polar surface area (TPSA) is 111 Å². The molecule has 90 valence electrons. The molecule has 0 fully saturated rings. The summed E-state index contributed by atoms with van der Waals surface area (Å²) in [6, 6.07) is 9.47. The fourth-order valence-electron chi connectivity index (χ4n) is 1.13. The van der Waals surface area contributed by atoms with Crippen LogP contribution < -0.4 is 11.5 Å². The predicted molar refractivity (Wildman–Crippen MR) is 66.8 cm³/mol. The molecule has 17 heavy (non-hydrogen) atoms. The van der Waals surface area contributed by atoms with Crippen molar-refractivity contribution < 1.29 is 5.11 Å². The summed E-state index contributed by atoms with van der Waals surface area (Å²) in [5.74, 6) is 0.767. The summed E-state index contributed by atoms with van der Waals surface area (Å²) in [5.41, 5.74) is 11.8. The maximum absolute atomic E-state index is 7.57. The summed E-state index contributed by atoms with van der Waals surface area (Å²) in [7, 11) is 0. The summed E-state index contributed by atoms with van der Waals surface area (Å²) in [4.78, 5) is 11.7. The number of benzene rings is 1. The SMILES string of the molecule is CCO.Nc1nc(N)nc(-c2ccccc2)n1. The van der Waals surface area contributed by atoms with Gasteiger partial charge in [0.05, 0.1) is 0 Å². The highest BCUT2D eigenvalue weighted by Gasteiger charge is 2.03. The number of nitrogens with zero attached hydrogens (tertiary/aromatic N) is 3. The number of rotatable bonds is 1. The summed E-state index contributed by atoms with van der Waals surface area (Å²) in [6.45, 7) is 1.93. The number of hydrogen-bond acceptors (Lipinski definition) is 6. The van der Waals surface area contributed by atoms with E-state index in [2.05, 4.69) is 15.0 Å². The first-order chi connectivity index (χ1) is 8.17. The Balaban J connectivity index is 0.000000437. The Bertz CT molecular complexity index is 440. The lowest BCUT2D eigenvalue weighted by Crippen LogP contribution is -2.04. The quantitative estimate of drug-likeness (QED) is 0.668. The number of aliphatic hydroxyl groups excluding tert-OH is 1. The molecule has 5 N–H and O–H groups in total. The standard InChI is InChI=1S/C9H9N5.C2H6O/c10-8-12-7(13-9(11)14-8)6-4-2-1-3-5-6;1-2-3/h1-5H,(H4,10,11,12,13,14);3H,2H2,1H3. The highest BCUT2D eigenvalue weighted by molar-refractivity contribution is 5.56. The largest absolute Gasteiger partial charge is 0.397 e. The molecule has 6 heteroatoms. The lowest BCUT2D eigenvalue weighted by molar-refractivity contribution is 0.318. The van der Waals surface area contributed by atoms with Crippen molar-refractivity contribution in [3.63, 3.8) is 0 Å². The van der Waals surface area contributed by atoms with Gasteiger partial charge in [0.2, 0.25) is 11.9 Å². The summed E-state index contributed by atoms with van der Waals surface area (Å²) >= 11 is 0. The molecule has 1 heterocycles. The van der Waals surface area contributed by atoms with E-state index >= 15 is 0 Å². The molecule has 1 aromatic carbocycles. The molecule has 2 aromatic rings. The third kappa shape index (κ3) is 4.04. The Morgan fingerprint density at radius 1 is 1.00 bits per heavy atom. The second-order valence-electron chi connectivity index (χ2n) is 3.06. The minimum Gasteiger partial charge on any atom is -0.397 e. The molecule has 0 bridgehead atoms. The number of aliphatic hydroxyl groups is 1. The Labute approximate surface area is 99.4 Å². The molecular formula is C11H15N5O. The van der Waals surface area contributed by atoms with Crippen molar-refractivity contribution in [2.24, 2.45) is 0 Å². The molecule has 0 aliphatic rings.